The van der Waals surface area contributed by atoms with Crippen LogP contribution in [-0.2, 0) is 11.2 Å². The number of rotatable bonds is 6. The molecule has 3 aromatic rings. The van der Waals surface area contributed by atoms with Crippen molar-refractivity contribution in [3.63, 3.8) is 0 Å². The highest BCUT2D eigenvalue weighted by Gasteiger charge is 2.37. The van der Waals surface area contributed by atoms with E-state index < -0.39 is 6.09 Å². The molecular weight excluding hydrogens is 396 g/mol. The molecule has 1 saturated heterocycles. The van der Waals surface area contributed by atoms with Gasteiger partial charge in [-0.3, -0.25) is 4.79 Å². The molecule has 8 nitrogen and oxygen atoms in total. The standard InChI is InChI=1S/C23H24N4O4/c24-18-3-1-2-4-19(18)26-22(28)16-5-7-17(8-6-16)27-11-9-21(31-23(25)29)20(27)13-15-10-12-30-14-15/h1-8,10,12,14,20-21H,9,11,13,24H2,(H2,25,29)(H,26,28)/t20-,21?/m0/s1. The van der Waals surface area contributed by atoms with Gasteiger partial charge in [-0.25, -0.2) is 4.79 Å². The molecule has 2 aromatic carbocycles. The smallest absolute Gasteiger partial charge is 0.404 e. The molecule has 160 valence electrons. The van der Waals surface area contributed by atoms with E-state index in [0.717, 1.165) is 11.3 Å². The number of nitrogens with zero attached hydrogens (tertiary/aromatic N) is 1. The maximum atomic E-state index is 12.6. The largest absolute Gasteiger partial charge is 0.472 e. The number of nitrogens with two attached hydrogens (primary N) is 2. The van der Waals surface area contributed by atoms with Crippen LogP contribution >= 0.6 is 0 Å². The minimum absolute atomic E-state index is 0.0890. The number of nitrogen functional groups attached to an aromatic ring is 1. The second kappa shape index (κ2) is 8.83. The fourth-order valence-corrected chi connectivity index (χ4v) is 3.93. The Labute approximate surface area is 179 Å². The predicted molar refractivity (Wildman–Crippen MR) is 118 cm³/mol. The minimum atomic E-state index is -0.781. The Morgan fingerprint density at radius 1 is 1.13 bits per heavy atom. The first-order valence-electron chi connectivity index (χ1n) is 10.0. The Hall–Kier alpha value is -3.94. The normalized spacial score (nSPS) is 18.0. The van der Waals surface area contributed by atoms with Crippen LogP contribution in [0.1, 0.15) is 22.3 Å². The molecule has 4 rings (SSSR count). The number of carbonyl (C=O) groups excluding carboxylic acids is 2. The molecule has 2 atom stereocenters. The van der Waals surface area contributed by atoms with Gasteiger partial charge in [0.1, 0.15) is 6.10 Å². The molecule has 1 aliphatic rings. The highest BCUT2D eigenvalue weighted by molar-refractivity contribution is 6.05. The summed E-state index contributed by atoms with van der Waals surface area (Å²) in [5.74, 6) is -0.240. The van der Waals surface area contributed by atoms with E-state index in [-0.39, 0.29) is 18.1 Å². The zero-order valence-corrected chi connectivity index (χ0v) is 16.9. The summed E-state index contributed by atoms with van der Waals surface area (Å²) in [6.07, 6.45) is 3.50. The van der Waals surface area contributed by atoms with Gasteiger partial charge >= 0.3 is 6.09 Å². The highest BCUT2D eigenvalue weighted by atomic mass is 16.6. The van der Waals surface area contributed by atoms with Gasteiger partial charge in [-0.1, -0.05) is 12.1 Å². The van der Waals surface area contributed by atoms with Crippen LogP contribution < -0.4 is 21.7 Å². The number of furan rings is 1. The number of nitrogens with one attached hydrogen (secondary N) is 1. The van der Waals surface area contributed by atoms with Gasteiger partial charge < -0.3 is 30.8 Å². The van der Waals surface area contributed by atoms with Crippen molar-refractivity contribution < 1.29 is 18.7 Å². The molecule has 8 heteroatoms. The average molecular weight is 420 g/mol. The summed E-state index contributed by atoms with van der Waals surface area (Å²) in [5.41, 5.74) is 14.7. The molecule has 1 aromatic heterocycles. The first-order valence-corrected chi connectivity index (χ1v) is 10.0. The number of ether oxygens (including phenoxy) is 1. The zero-order valence-electron chi connectivity index (χ0n) is 16.9. The fraction of sp³-hybridized carbons (Fsp3) is 0.217. The van der Waals surface area contributed by atoms with Gasteiger partial charge in [0, 0.05) is 24.2 Å². The summed E-state index contributed by atoms with van der Waals surface area (Å²) in [5, 5.41) is 2.82. The molecule has 1 fully saturated rings. The molecule has 2 heterocycles. The molecule has 31 heavy (non-hydrogen) atoms. The molecule has 2 amide bonds. The Bertz CT molecular complexity index is 1050. The summed E-state index contributed by atoms with van der Waals surface area (Å²) >= 11 is 0. The first-order chi connectivity index (χ1) is 15.0. The van der Waals surface area contributed by atoms with Gasteiger partial charge in [-0.15, -0.1) is 0 Å². The number of hydrogen-bond acceptors (Lipinski definition) is 6. The second-order valence-electron chi connectivity index (χ2n) is 7.45. The lowest BCUT2D eigenvalue weighted by molar-refractivity contribution is 0.100. The molecule has 0 aliphatic carbocycles. The van der Waals surface area contributed by atoms with Crippen LogP contribution in [0.4, 0.5) is 21.9 Å². The Balaban J connectivity index is 1.50. The Morgan fingerprint density at radius 2 is 1.90 bits per heavy atom. The maximum absolute atomic E-state index is 12.6. The lowest BCUT2D eigenvalue weighted by Gasteiger charge is -2.29. The molecule has 0 radical (unpaired) electrons. The van der Waals surface area contributed by atoms with E-state index in [4.69, 9.17) is 20.6 Å². The number of amides is 2. The van der Waals surface area contributed by atoms with Crippen molar-refractivity contribution in [2.45, 2.75) is 25.0 Å². The third kappa shape index (κ3) is 4.63. The lowest BCUT2D eigenvalue weighted by atomic mass is 10.0. The van der Waals surface area contributed by atoms with E-state index in [1.807, 2.05) is 30.3 Å². The van der Waals surface area contributed by atoms with Crippen molar-refractivity contribution in [1.29, 1.82) is 0 Å². The third-order valence-electron chi connectivity index (χ3n) is 5.45. The topological polar surface area (TPSA) is 124 Å². The number of anilines is 3. The molecule has 0 saturated carbocycles. The van der Waals surface area contributed by atoms with E-state index in [1.165, 1.54) is 0 Å². The molecule has 1 unspecified atom stereocenters. The number of para-hydroxylation sites is 2. The van der Waals surface area contributed by atoms with Crippen LogP contribution in [0.25, 0.3) is 0 Å². The van der Waals surface area contributed by atoms with Crippen LogP contribution in [0, 0.1) is 0 Å². The maximum Gasteiger partial charge on any atom is 0.404 e. The summed E-state index contributed by atoms with van der Waals surface area (Å²) in [7, 11) is 0. The number of benzene rings is 2. The van der Waals surface area contributed by atoms with Crippen molar-refractivity contribution in [3.05, 3.63) is 78.3 Å². The number of hydrogen-bond donors (Lipinski definition) is 3. The summed E-state index contributed by atoms with van der Waals surface area (Å²) in [6.45, 7) is 0.701. The van der Waals surface area contributed by atoms with E-state index >= 15 is 0 Å². The van der Waals surface area contributed by atoms with Crippen LogP contribution in [0.2, 0.25) is 0 Å². The van der Waals surface area contributed by atoms with Crippen LogP contribution in [0.5, 0.6) is 0 Å². The van der Waals surface area contributed by atoms with Crippen LogP contribution in [0.15, 0.2) is 71.5 Å². The van der Waals surface area contributed by atoms with Crippen molar-refractivity contribution in [3.8, 4) is 0 Å². The second-order valence-corrected chi connectivity index (χ2v) is 7.45. The highest BCUT2D eigenvalue weighted by Crippen LogP contribution is 2.30. The SMILES string of the molecule is NC(=O)OC1CCN(c2ccc(C(=O)Nc3ccccc3N)cc2)[C@H]1Cc1ccoc1. The molecule has 0 spiro atoms. The summed E-state index contributed by atoms with van der Waals surface area (Å²) in [4.78, 5) is 26.1. The number of carbonyl (C=O) groups is 2. The third-order valence-corrected chi connectivity index (χ3v) is 5.45. The van der Waals surface area contributed by atoms with E-state index in [2.05, 4.69) is 10.2 Å². The summed E-state index contributed by atoms with van der Waals surface area (Å²) < 4.78 is 10.5. The van der Waals surface area contributed by atoms with Crippen molar-refractivity contribution >= 4 is 29.1 Å². The van der Waals surface area contributed by atoms with Crippen molar-refractivity contribution in [2.75, 3.05) is 22.5 Å². The van der Waals surface area contributed by atoms with Crippen molar-refractivity contribution in [2.24, 2.45) is 5.73 Å². The Morgan fingerprint density at radius 3 is 2.58 bits per heavy atom. The van der Waals surface area contributed by atoms with Crippen LogP contribution in [-0.4, -0.2) is 30.7 Å². The van der Waals surface area contributed by atoms with Gasteiger partial charge in [-0.05, 0) is 54.4 Å². The first kappa shape index (κ1) is 20.3. The quantitative estimate of drug-likeness (QED) is 0.525. The van der Waals surface area contributed by atoms with Gasteiger partial charge in [0.15, 0.2) is 0 Å². The monoisotopic (exact) mass is 420 g/mol. The predicted octanol–water partition coefficient (Wildman–Crippen LogP) is 3.40. The molecule has 5 N–H and O–H groups in total. The fourth-order valence-electron chi connectivity index (χ4n) is 3.93. The van der Waals surface area contributed by atoms with Gasteiger partial charge in [-0.2, -0.15) is 0 Å². The molecular formula is C23H24N4O4. The van der Waals surface area contributed by atoms with Gasteiger partial charge in [0.05, 0.1) is 29.9 Å². The molecule has 0 bridgehead atoms. The zero-order chi connectivity index (χ0) is 21.8. The lowest BCUT2D eigenvalue weighted by Crippen LogP contribution is -2.40. The van der Waals surface area contributed by atoms with Crippen LogP contribution in [0.3, 0.4) is 0 Å². The Kier molecular flexibility index (Phi) is 5.79. The van der Waals surface area contributed by atoms with Crippen molar-refractivity contribution in [1.82, 2.24) is 0 Å². The summed E-state index contributed by atoms with van der Waals surface area (Å²) in [6, 6.07) is 16.2. The van der Waals surface area contributed by atoms with E-state index in [9.17, 15) is 9.59 Å². The van der Waals surface area contributed by atoms with Gasteiger partial charge in [0.2, 0.25) is 0 Å². The average Bonchev–Trinajstić information content (AvgIpc) is 3.40. The van der Waals surface area contributed by atoms with E-state index in [1.54, 1.807) is 36.8 Å². The van der Waals surface area contributed by atoms with E-state index in [0.29, 0.717) is 36.3 Å². The molecule has 1 aliphatic heterocycles. The number of primary amides is 1. The van der Waals surface area contributed by atoms with Gasteiger partial charge in [0.25, 0.3) is 5.91 Å². The minimum Gasteiger partial charge on any atom is -0.472 e.